The van der Waals surface area contributed by atoms with Crippen LogP contribution in [0.1, 0.15) is 58.5 Å². The van der Waals surface area contributed by atoms with Crippen LogP contribution in [0.25, 0.3) is 22.6 Å². The number of nitrogens with one attached hydrogen (secondary N) is 2. The Morgan fingerprint density at radius 2 is 2.09 bits per heavy atom. The minimum absolute atomic E-state index is 0.00940. The average Bonchev–Trinajstić information content (AvgIpc) is 3.35. The topological polar surface area (TPSA) is 144 Å². The van der Waals surface area contributed by atoms with E-state index in [1.807, 2.05) is 41.3 Å². The number of benzene rings is 2. The number of fused-ring (bicyclic) bond motifs is 3. The van der Waals surface area contributed by atoms with Gasteiger partial charge in [0.05, 0.1) is 29.8 Å². The number of pyridine rings is 1. The number of hydrogen-bond acceptors (Lipinski definition) is 9. The molecule has 2 amide bonds. The lowest BCUT2D eigenvalue weighted by atomic mass is 9.79. The highest BCUT2D eigenvalue weighted by Crippen LogP contribution is 2.48. The highest BCUT2D eigenvalue weighted by atomic mass is 16.3. The maximum absolute atomic E-state index is 14.8. The van der Waals surface area contributed by atoms with Crippen LogP contribution in [0.2, 0.25) is 0 Å². The van der Waals surface area contributed by atoms with E-state index in [-0.39, 0.29) is 30.0 Å². The van der Waals surface area contributed by atoms with Gasteiger partial charge in [-0.1, -0.05) is 36.4 Å². The van der Waals surface area contributed by atoms with Crippen molar-refractivity contribution < 1.29 is 14.0 Å². The summed E-state index contributed by atoms with van der Waals surface area (Å²) in [6, 6.07) is 17.8. The quantitative estimate of drug-likeness (QED) is 0.261. The Labute approximate surface area is 252 Å². The zero-order chi connectivity index (χ0) is 29.8. The third kappa shape index (κ3) is 4.36. The van der Waals surface area contributed by atoms with E-state index in [2.05, 4.69) is 43.2 Å². The van der Waals surface area contributed by atoms with E-state index in [9.17, 15) is 9.59 Å². The molecule has 5 aromatic rings. The second kappa shape index (κ2) is 10.3. The molecule has 0 spiro atoms. The number of tetrazole rings is 1. The van der Waals surface area contributed by atoms with Gasteiger partial charge in [0, 0.05) is 36.9 Å². The molecule has 2 bridgehead atoms. The fourth-order valence-electron chi connectivity index (χ4n) is 7.30. The van der Waals surface area contributed by atoms with E-state index in [1.165, 1.54) is 4.80 Å². The van der Waals surface area contributed by atoms with Gasteiger partial charge in [-0.15, -0.1) is 10.2 Å². The number of carbonyl (C=O) groups is 2. The van der Waals surface area contributed by atoms with Crippen LogP contribution in [-0.4, -0.2) is 71.6 Å². The summed E-state index contributed by atoms with van der Waals surface area (Å²) in [5.74, 6) is 1.09. The molecule has 0 radical (unpaired) electrons. The summed E-state index contributed by atoms with van der Waals surface area (Å²) < 4.78 is 6.22. The molecule has 3 unspecified atom stereocenters. The second-order valence-corrected chi connectivity index (χ2v) is 12.0. The number of nitrogens with zero attached hydrogens (tertiary/aromatic N) is 7. The van der Waals surface area contributed by atoms with Crippen LogP contribution < -0.4 is 10.6 Å². The van der Waals surface area contributed by atoms with Gasteiger partial charge in [-0.05, 0) is 60.2 Å². The molecule has 3 fully saturated rings. The Bertz CT molecular complexity index is 1870. The fourth-order valence-corrected chi connectivity index (χ4v) is 7.30. The normalized spacial score (nSPS) is 25.7. The van der Waals surface area contributed by atoms with Gasteiger partial charge < -0.3 is 20.0 Å². The maximum atomic E-state index is 14.8. The molecular formula is C32H31N9O3. The van der Waals surface area contributed by atoms with Crippen molar-refractivity contribution in [1.29, 1.82) is 0 Å². The van der Waals surface area contributed by atoms with Gasteiger partial charge in [0.1, 0.15) is 5.52 Å². The first kappa shape index (κ1) is 26.6. The lowest BCUT2D eigenvalue weighted by Gasteiger charge is -2.49. The van der Waals surface area contributed by atoms with Crippen molar-refractivity contribution in [1.82, 2.24) is 45.7 Å². The largest absolute Gasteiger partial charge is 0.436 e. The summed E-state index contributed by atoms with van der Waals surface area (Å²) in [7, 11) is 1.75. The Morgan fingerprint density at radius 1 is 1.20 bits per heavy atom. The maximum Gasteiger partial charge on any atom is 0.257 e. The number of carbonyl (C=O) groups excluding carboxylic acids is 2. The van der Waals surface area contributed by atoms with Gasteiger partial charge in [-0.3, -0.25) is 14.6 Å². The standard InChI is InChI=1S/C32H31N9O3/c1-40-38-29(37-39-40)28-32(15-19-5-3-2-4-6-19)11-9-21(16-34-28)41(32)31(43)24-17-33-12-10-22(24)30-36-26-13-20(7-8-27(26)44-30)23-14-25(23)35-18-42/h2-8,10,12-13,17-18,21,23,25,28,34H,9,11,14-16H2,1H3,(H,35,42)/t21-,23?,25?,28?,32+/m0/s1. The monoisotopic (exact) mass is 589 g/mol. The summed E-state index contributed by atoms with van der Waals surface area (Å²) in [5.41, 5.74) is 3.99. The van der Waals surface area contributed by atoms with E-state index in [1.54, 1.807) is 25.5 Å². The lowest BCUT2D eigenvalue weighted by molar-refractivity contribution is -0.109. The van der Waals surface area contributed by atoms with Gasteiger partial charge >= 0.3 is 0 Å². The minimum Gasteiger partial charge on any atom is -0.436 e. The zero-order valence-corrected chi connectivity index (χ0v) is 24.1. The van der Waals surface area contributed by atoms with Crippen molar-refractivity contribution in [2.75, 3.05) is 6.54 Å². The molecule has 1 saturated carbocycles. The molecule has 8 rings (SSSR count). The number of hydrogen-bond donors (Lipinski definition) is 2. The Kier molecular flexibility index (Phi) is 6.26. The second-order valence-electron chi connectivity index (χ2n) is 12.0. The van der Waals surface area contributed by atoms with Crippen LogP contribution in [0.4, 0.5) is 0 Å². The van der Waals surface area contributed by atoms with E-state index >= 15 is 0 Å². The Balaban J connectivity index is 1.18. The van der Waals surface area contributed by atoms with Crippen molar-refractivity contribution in [3.8, 4) is 11.5 Å². The van der Waals surface area contributed by atoms with Crippen molar-refractivity contribution in [3.05, 3.63) is 89.5 Å². The van der Waals surface area contributed by atoms with Gasteiger partial charge in [0.2, 0.25) is 12.3 Å². The smallest absolute Gasteiger partial charge is 0.257 e. The van der Waals surface area contributed by atoms with E-state index in [4.69, 9.17) is 9.40 Å². The molecule has 222 valence electrons. The predicted molar refractivity (Wildman–Crippen MR) is 159 cm³/mol. The summed E-state index contributed by atoms with van der Waals surface area (Å²) in [6.45, 7) is 0.619. The molecule has 5 atom stereocenters. The third-order valence-electron chi connectivity index (χ3n) is 9.40. The van der Waals surface area contributed by atoms with Crippen LogP contribution in [-0.2, 0) is 18.3 Å². The van der Waals surface area contributed by atoms with Crippen molar-refractivity contribution in [2.45, 2.75) is 55.3 Å². The number of amides is 2. The third-order valence-corrected chi connectivity index (χ3v) is 9.40. The molecule has 12 nitrogen and oxygen atoms in total. The fraction of sp³-hybridized carbons (Fsp3) is 0.344. The molecule has 2 aromatic carbocycles. The molecule has 2 aliphatic heterocycles. The predicted octanol–water partition coefficient (Wildman–Crippen LogP) is 2.95. The van der Waals surface area contributed by atoms with Crippen molar-refractivity contribution in [3.63, 3.8) is 0 Å². The number of rotatable bonds is 8. The minimum atomic E-state index is -0.621. The highest BCUT2D eigenvalue weighted by Gasteiger charge is 2.58. The summed E-state index contributed by atoms with van der Waals surface area (Å²) in [4.78, 5) is 38.3. The number of aryl methyl sites for hydroxylation is 1. The molecule has 5 heterocycles. The van der Waals surface area contributed by atoms with Crippen LogP contribution in [0.15, 0.2) is 71.4 Å². The van der Waals surface area contributed by atoms with Gasteiger partial charge in [-0.25, -0.2) is 4.98 Å². The van der Waals surface area contributed by atoms with Crippen LogP contribution in [0.5, 0.6) is 0 Å². The van der Waals surface area contributed by atoms with E-state index < -0.39 is 5.54 Å². The van der Waals surface area contributed by atoms with Gasteiger partial charge in [-0.2, -0.15) is 4.80 Å². The number of piperazine rings is 1. The molecule has 3 aliphatic rings. The van der Waals surface area contributed by atoms with Crippen LogP contribution >= 0.6 is 0 Å². The number of aromatic nitrogens is 6. The summed E-state index contributed by atoms with van der Waals surface area (Å²) in [5, 5.41) is 19.6. The summed E-state index contributed by atoms with van der Waals surface area (Å²) in [6.07, 6.45) is 7.20. The van der Waals surface area contributed by atoms with Gasteiger partial charge in [0.15, 0.2) is 11.4 Å². The van der Waals surface area contributed by atoms with Crippen LogP contribution in [0.3, 0.4) is 0 Å². The molecule has 44 heavy (non-hydrogen) atoms. The van der Waals surface area contributed by atoms with Crippen LogP contribution in [0, 0.1) is 0 Å². The first-order valence-electron chi connectivity index (χ1n) is 14.9. The molecule has 3 aromatic heterocycles. The zero-order valence-electron chi connectivity index (χ0n) is 24.1. The first-order chi connectivity index (χ1) is 21.5. The summed E-state index contributed by atoms with van der Waals surface area (Å²) >= 11 is 0. The highest BCUT2D eigenvalue weighted by molar-refractivity contribution is 6.01. The molecule has 12 heteroatoms. The molecule has 2 N–H and O–H groups in total. The van der Waals surface area contributed by atoms with Gasteiger partial charge in [0.25, 0.3) is 5.91 Å². The molecule has 2 saturated heterocycles. The molecule has 1 aliphatic carbocycles. The molecular weight excluding hydrogens is 558 g/mol. The lowest BCUT2D eigenvalue weighted by Crippen LogP contribution is -2.64. The van der Waals surface area contributed by atoms with Crippen molar-refractivity contribution >= 4 is 23.4 Å². The Hall–Kier alpha value is -4.97. The first-order valence-corrected chi connectivity index (χ1v) is 14.9. The Morgan fingerprint density at radius 3 is 2.91 bits per heavy atom. The SMILES string of the molecule is Cn1nnc(C2NC[C@@H]3CC[C@]2(Cc2ccccc2)N3C(=O)c2cnccc2-c2nc3cc(C4CC4NC=O)ccc3o2)n1. The average molecular weight is 590 g/mol. The number of oxazole rings is 1. The van der Waals surface area contributed by atoms with Crippen molar-refractivity contribution in [2.24, 2.45) is 7.05 Å². The van der Waals surface area contributed by atoms with E-state index in [0.717, 1.165) is 36.8 Å². The van der Waals surface area contributed by atoms with E-state index in [0.29, 0.717) is 46.9 Å².